The van der Waals surface area contributed by atoms with Crippen molar-refractivity contribution >= 4 is 27.8 Å². The largest absolute Gasteiger partial charge is 0.468 e. The molecule has 10 heteroatoms. The fourth-order valence-electron chi connectivity index (χ4n) is 2.93. The number of hydrogen-bond donors (Lipinski definition) is 2. The van der Waals surface area contributed by atoms with E-state index in [4.69, 9.17) is 0 Å². The number of ether oxygens (including phenoxy) is 1. The van der Waals surface area contributed by atoms with E-state index < -0.39 is 22.5 Å². The first-order valence-corrected chi connectivity index (χ1v) is 13.8. The number of rotatable bonds is 12. The minimum atomic E-state index is -3.70. The normalized spacial score (nSPS) is 10.8. The Bertz CT molecular complexity index is 1080. The summed E-state index contributed by atoms with van der Waals surface area (Å²) in [6.07, 6.45) is 0.154. The summed E-state index contributed by atoms with van der Waals surface area (Å²) in [4.78, 5) is 37.8. The topological polar surface area (TPSA) is 122 Å². The van der Waals surface area contributed by atoms with Crippen molar-refractivity contribution in [3.63, 3.8) is 0 Å². The van der Waals surface area contributed by atoms with E-state index in [-0.39, 0.29) is 43.6 Å². The molecule has 2 aromatic rings. The Morgan fingerprint density at radius 1 is 0.946 bits per heavy atom. The van der Waals surface area contributed by atoms with Gasteiger partial charge in [-0.25, -0.2) is 13.1 Å². The minimum absolute atomic E-state index is 0.154. The van der Waals surface area contributed by atoms with E-state index in [9.17, 15) is 22.8 Å². The molecular weight excluding hydrogens is 494 g/mol. The fourth-order valence-corrected chi connectivity index (χ4v) is 3.92. The van der Waals surface area contributed by atoms with Gasteiger partial charge in [0.25, 0.3) is 5.91 Å². The number of hydrogen-bond acceptors (Lipinski definition) is 6. The zero-order valence-corrected chi connectivity index (χ0v) is 23.1. The van der Waals surface area contributed by atoms with Crippen LogP contribution in [-0.2, 0) is 30.9 Å². The highest BCUT2D eigenvalue weighted by atomic mass is 32.2. The number of benzene rings is 2. The van der Waals surface area contributed by atoms with Crippen molar-refractivity contribution in [2.45, 2.75) is 40.7 Å². The molecule has 0 aliphatic carbocycles. The number of amides is 2. The summed E-state index contributed by atoms with van der Waals surface area (Å²) in [6, 6.07) is 16.3. The van der Waals surface area contributed by atoms with Crippen LogP contribution in [0, 0.1) is 12.8 Å². The molecule has 0 aliphatic rings. The van der Waals surface area contributed by atoms with E-state index in [1.54, 1.807) is 12.1 Å². The molecule has 37 heavy (non-hydrogen) atoms. The lowest BCUT2D eigenvalue weighted by molar-refractivity contribution is -0.139. The molecule has 2 aromatic carbocycles. The van der Waals surface area contributed by atoms with Crippen molar-refractivity contribution in [2.75, 3.05) is 32.5 Å². The maximum Gasteiger partial charge on any atom is 0.320 e. The molecule has 2 rings (SSSR count). The summed E-state index contributed by atoms with van der Waals surface area (Å²) in [6.45, 7) is 8.18. The van der Waals surface area contributed by atoms with Gasteiger partial charge in [0.1, 0.15) is 6.54 Å². The van der Waals surface area contributed by atoms with Crippen LogP contribution in [0.4, 0.5) is 0 Å². The van der Waals surface area contributed by atoms with Crippen LogP contribution in [0.2, 0.25) is 0 Å². The lowest BCUT2D eigenvalue weighted by Crippen LogP contribution is -2.41. The highest BCUT2D eigenvalue weighted by molar-refractivity contribution is 7.89. The summed E-state index contributed by atoms with van der Waals surface area (Å²) in [5.74, 6) is -0.821. The standard InChI is InChI=1S/C23H29N3O6S.C4H10/c1-18-9-11-20(12-10-18)23(29)24-15-21(27)26(17-19-7-4-3-5-8-19)13-6-14-33(30,31)25-16-22(28)32-2;1-4(2)3/h3-5,7-12,25H,6,13-17H2,1-2H3,(H,24,29);4H,1-3H3. The summed E-state index contributed by atoms with van der Waals surface area (Å²) in [7, 11) is -2.54. The van der Waals surface area contributed by atoms with Gasteiger partial charge in [0, 0.05) is 18.7 Å². The van der Waals surface area contributed by atoms with Crippen LogP contribution in [0.25, 0.3) is 0 Å². The number of carbonyl (C=O) groups excluding carboxylic acids is 3. The molecule has 0 atom stereocenters. The lowest BCUT2D eigenvalue weighted by atomic mass is 10.1. The first-order chi connectivity index (χ1) is 17.4. The first kappa shape index (κ1) is 31.8. The molecule has 2 amide bonds. The molecule has 9 nitrogen and oxygen atoms in total. The summed E-state index contributed by atoms with van der Waals surface area (Å²) in [5.41, 5.74) is 2.35. The van der Waals surface area contributed by atoms with E-state index in [0.717, 1.165) is 17.0 Å². The lowest BCUT2D eigenvalue weighted by Gasteiger charge is -2.23. The fraction of sp³-hybridized carbons (Fsp3) is 0.444. The highest BCUT2D eigenvalue weighted by Crippen LogP contribution is 2.07. The van der Waals surface area contributed by atoms with Gasteiger partial charge in [-0.2, -0.15) is 0 Å². The van der Waals surface area contributed by atoms with Gasteiger partial charge in [-0.15, -0.1) is 0 Å². The van der Waals surface area contributed by atoms with Crippen LogP contribution in [0.1, 0.15) is 48.7 Å². The second-order valence-corrected chi connectivity index (χ2v) is 11.1. The van der Waals surface area contributed by atoms with Gasteiger partial charge < -0.3 is 15.0 Å². The Labute approximate surface area is 220 Å². The van der Waals surface area contributed by atoms with Crippen molar-refractivity contribution in [2.24, 2.45) is 5.92 Å². The molecule has 0 spiro atoms. The second kappa shape index (κ2) is 16.5. The molecule has 204 valence electrons. The molecule has 0 aromatic heterocycles. The number of sulfonamides is 1. The van der Waals surface area contributed by atoms with Crippen molar-refractivity contribution in [3.8, 4) is 0 Å². The number of methoxy groups -OCH3 is 1. The van der Waals surface area contributed by atoms with Gasteiger partial charge in [-0.05, 0) is 37.0 Å². The third-order valence-electron chi connectivity index (χ3n) is 4.79. The average Bonchev–Trinajstić information content (AvgIpc) is 2.85. The van der Waals surface area contributed by atoms with Crippen molar-refractivity contribution in [1.29, 1.82) is 0 Å². The molecule has 0 radical (unpaired) electrons. The van der Waals surface area contributed by atoms with E-state index in [0.29, 0.717) is 5.56 Å². The Morgan fingerprint density at radius 2 is 1.54 bits per heavy atom. The van der Waals surface area contributed by atoms with Gasteiger partial charge in [0.2, 0.25) is 15.9 Å². The van der Waals surface area contributed by atoms with E-state index in [1.165, 1.54) is 12.0 Å². The third-order valence-corrected chi connectivity index (χ3v) is 6.20. The average molecular weight is 534 g/mol. The molecule has 0 bridgehead atoms. The van der Waals surface area contributed by atoms with Crippen molar-refractivity contribution in [1.82, 2.24) is 14.9 Å². The van der Waals surface area contributed by atoms with Crippen molar-refractivity contribution in [3.05, 3.63) is 71.3 Å². The maximum absolute atomic E-state index is 12.8. The monoisotopic (exact) mass is 533 g/mol. The van der Waals surface area contributed by atoms with E-state index in [1.807, 2.05) is 49.4 Å². The molecule has 0 heterocycles. The SMILES string of the molecule is CC(C)C.COC(=O)CNS(=O)(=O)CCCN(Cc1ccccc1)C(=O)CNC(=O)c1ccc(C)cc1. The summed E-state index contributed by atoms with van der Waals surface area (Å²) in [5, 5.41) is 2.62. The summed E-state index contributed by atoms with van der Waals surface area (Å²) >= 11 is 0. The first-order valence-electron chi connectivity index (χ1n) is 12.1. The Hall–Kier alpha value is -3.24. The van der Waals surface area contributed by atoms with Crippen LogP contribution in [-0.4, -0.2) is 63.6 Å². The highest BCUT2D eigenvalue weighted by Gasteiger charge is 2.18. The predicted molar refractivity (Wildman–Crippen MR) is 144 cm³/mol. The third kappa shape index (κ3) is 14.2. The molecule has 2 N–H and O–H groups in total. The molecule has 0 fully saturated rings. The number of carbonyl (C=O) groups is 3. The minimum Gasteiger partial charge on any atom is -0.468 e. The maximum atomic E-state index is 12.8. The van der Waals surface area contributed by atoms with Crippen LogP contribution >= 0.6 is 0 Å². The van der Waals surface area contributed by atoms with E-state index >= 15 is 0 Å². The van der Waals surface area contributed by atoms with Gasteiger partial charge in [0.15, 0.2) is 0 Å². The molecular formula is C27H39N3O6S. The van der Waals surface area contributed by atoms with Gasteiger partial charge in [0.05, 0.1) is 19.4 Å². The van der Waals surface area contributed by atoms with Crippen LogP contribution in [0.3, 0.4) is 0 Å². The number of esters is 1. The summed E-state index contributed by atoms with van der Waals surface area (Å²) < 4.78 is 30.7. The smallest absolute Gasteiger partial charge is 0.320 e. The van der Waals surface area contributed by atoms with Crippen LogP contribution < -0.4 is 10.0 Å². The van der Waals surface area contributed by atoms with Crippen LogP contribution in [0.15, 0.2) is 54.6 Å². The zero-order chi connectivity index (χ0) is 27.8. The molecule has 0 aliphatic heterocycles. The Balaban J connectivity index is 0.00000159. The van der Waals surface area contributed by atoms with Gasteiger partial charge >= 0.3 is 5.97 Å². The molecule has 0 unspecified atom stereocenters. The molecule has 0 saturated carbocycles. The van der Waals surface area contributed by atoms with Crippen molar-refractivity contribution < 1.29 is 27.5 Å². The number of nitrogens with one attached hydrogen (secondary N) is 2. The Kier molecular flexibility index (Phi) is 14.2. The number of aryl methyl sites for hydroxylation is 1. The molecule has 0 saturated heterocycles. The van der Waals surface area contributed by atoms with Crippen LogP contribution in [0.5, 0.6) is 0 Å². The predicted octanol–water partition coefficient (Wildman–Crippen LogP) is 2.90. The van der Waals surface area contributed by atoms with Gasteiger partial charge in [-0.1, -0.05) is 68.8 Å². The van der Waals surface area contributed by atoms with Gasteiger partial charge in [-0.3, -0.25) is 14.4 Å². The number of nitrogens with zero attached hydrogens (tertiary/aromatic N) is 1. The van der Waals surface area contributed by atoms with E-state index in [2.05, 4.69) is 35.5 Å². The Morgan fingerprint density at radius 3 is 2.11 bits per heavy atom. The second-order valence-electron chi connectivity index (χ2n) is 9.15. The quantitative estimate of drug-likeness (QED) is 0.405. The zero-order valence-electron chi connectivity index (χ0n) is 22.3.